The van der Waals surface area contributed by atoms with E-state index >= 15 is 0 Å². The second-order valence-corrected chi connectivity index (χ2v) is 3.94. The number of aliphatic hydroxyl groups excluding tert-OH is 1. The van der Waals surface area contributed by atoms with Crippen LogP contribution in [0.5, 0.6) is 0 Å². The maximum atomic E-state index is 9.33. The minimum Gasteiger partial charge on any atom is -0.392 e. The van der Waals surface area contributed by atoms with Crippen molar-refractivity contribution in [2.75, 3.05) is 5.75 Å². The number of aliphatic hydroxyl groups is 1. The van der Waals surface area contributed by atoms with Crippen LogP contribution < -0.4 is 0 Å². The summed E-state index contributed by atoms with van der Waals surface area (Å²) in [5, 5.41) is 9.33. The molecule has 0 spiro atoms. The van der Waals surface area contributed by atoms with Crippen LogP contribution in [0.15, 0.2) is 0 Å². The SMILES string of the molecule is OC(CS)CC1CCCCC1. The summed E-state index contributed by atoms with van der Waals surface area (Å²) >= 11 is 4.07. The number of hydrogen-bond acceptors (Lipinski definition) is 2. The van der Waals surface area contributed by atoms with Crippen molar-refractivity contribution in [3.8, 4) is 0 Å². The lowest BCUT2D eigenvalue weighted by molar-refractivity contribution is 0.151. The molecule has 0 bridgehead atoms. The Morgan fingerprint density at radius 1 is 1.27 bits per heavy atom. The van der Waals surface area contributed by atoms with Gasteiger partial charge >= 0.3 is 0 Å². The molecule has 0 saturated heterocycles. The van der Waals surface area contributed by atoms with E-state index in [-0.39, 0.29) is 6.10 Å². The van der Waals surface area contributed by atoms with E-state index < -0.39 is 0 Å². The second kappa shape index (κ2) is 5.04. The van der Waals surface area contributed by atoms with Crippen molar-refractivity contribution in [1.82, 2.24) is 0 Å². The molecule has 66 valence electrons. The van der Waals surface area contributed by atoms with E-state index in [1.165, 1.54) is 32.1 Å². The van der Waals surface area contributed by atoms with Crippen molar-refractivity contribution in [3.63, 3.8) is 0 Å². The molecule has 1 aliphatic rings. The van der Waals surface area contributed by atoms with E-state index in [4.69, 9.17) is 0 Å². The predicted molar refractivity (Wildman–Crippen MR) is 51.1 cm³/mol. The molecule has 1 saturated carbocycles. The van der Waals surface area contributed by atoms with E-state index in [2.05, 4.69) is 12.6 Å². The summed E-state index contributed by atoms with van der Waals surface area (Å²) in [5.41, 5.74) is 0. The number of hydrogen-bond donors (Lipinski definition) is 2. The fraction of sp³-hybridized carbons (Fsp3) is 1.00. The van der Waals surface area contributed by atoms with Gasteiger partial charge in [-0.25, -0.2) is 0 Å². The summed E-state index contributed by atoms with van der Waals surface area (Å²) in [4.78, 5) is 0. The Morgan fingerprint density at radius 2 is 1.91 bits per heavy atom. The molecule has 0 radical (unpaired) electrons. The van der Waals surface area contributed by atoms with E-state index in [9.17, 15) is 5.11 Å². The highest BCUT2D eigenvalue weighted by Crippen LogP contribution is 2.27. The zero-order valence-electron chi connectivity index (χ0n) is 7.00. The van der Waals surface area contributed by atoms with Crippen molar-refractivity contribution in [2.24, 2.45) is 5.92 Å². The minimum absolute atomic E-state index is 0.165. The molecule has 1 aliphatic carbocycles. The Labute approximate surface area is 74.6 Å². The standard InChI is InChI=1S/C9H18OS/c10-9(7-11)6-8-4-2-1-3-5-8/h8-11H,1-7H2. The summed E-state index contributed by atoms with van der Waals surface area (Å²) < 4.78 is 0. The highest BCUT2D eigenvalue weighted by atomic mass is 32.1. The van der Waals surface area contributed by atoms with Gasteiger partial charge in [-0.3, -0.25) is 0 Å². The van der Waals surface area contributed by atoms with E-state index in [0.717, 1.165) is 12.3 Å². The highest BCUT2D eigenvalue weighted by molar-refractivity contribution is 7.80. The monoisotopic (exact) mass is 174 g/mol. The first-order valence-corrected chi connectivity index (χ1v) is 5.25. The molecule has 11 heavy (non-hydrogen) atoms. The summed E-state index contributed by atoms with van der Waals surface area (Å²) in [5.74, 6) is 1.40. The summed E-state index contributed by atoms with van der Waals surface area (Å²) in [7, 11) is 0. The molecular formula is C9H18OS. The zero-order valence-corrected chi connectivity index (χ0v) is 7.89. The molecule has 1 N–H and O–H groups in total. The molecule has 0 aromatic heterocycles. The van der Waals surface area contributed by atoms with Crippen LogP contribution in [-0.4, -0.2) is 17.0 Å². The van der Waals surface area contributed by atoms with Gasteiger partial charge in [0.2, 0.25) is 0 Å². The van der Waals surface area contributed by atoms with E-state index in [0.29, 0.717) is 5.75 Å². The predicted octanol–water partition coefficient (Wildman–Crippen LogP) is 2.25. The fourth-order valence-corrected chi connectivity index (χ4v) is 2.03. The lowest BCUT2D eigenvalue weighted by Crippen LogP contribution is -2.17. The van der Waals surface area contributed by atoms with Gasteiger partial charge in [-0.1, -0.05) is 32.1 Å². The molecule has 0 heterocycles. The average molecular weight is 174 g/mol. The molecule has 1 nitrogen and oxygen atoms in total. The van der Waals surface area contributed by atoms with Crippen LogP contribution in [0.1, 0.15) is 38.5 Å². The topological polar surface area (TPSA) is 20.2 Å². The largest absolute Gasteiger partial charge is 0.392 e. The second-order valence-electron chi connectivity index (χ2n) is 3.58. The third-order valence-corrected chi connectivity index (χ3v) is 2.96. The van der Waals surface area contributed by atoms with Crippen molar-refractivity contribution in [3.05, 3.63) is 0 Å². The van der Waals surface area contributed by atoms with Crippen molar-refractivity contribution >= 4 is 12.6 Å². The molecule has 2 heteroatoms. The number of thiol groups is 1. The maximum absolute atomic E-state index is 9.33. The first-order chi connectivity index (χ1) is 5.33. The van der Waals surface area contributed by atoms with Gasteiger partial charge in [-0.05, 0) is 12.3 Å². The van der Waals surface area contributed by atoms with Gasteiger partial charge in [0, 0.05) is 5.75 Å². The molecule has 0 aromatic rings. The lowest BCUT2D eigenvalue weighted by Gasteiger charge is -2.23. The maximum Gasteiger partial charge on any atom is 0.0630 e. The van der Waals surface area contributed by atoms with Gasteiger partial charge < -0.3 is 5.11 Å². The Morgan fingerprint density at radius 3 is 2.45 bits per heavy atom. The summed E-state index contributed by atoms with van der Waals surface area (Å²) in [6.07, 6.45) is 7.59. The lowest BCUT2D eigenvalue weighted by atomic mass is 9.86. The Bertz CT molecular complexity index is 99.7. The Kier molecular flexibility index (Phi) is 4.31. The van der Waals surface area contributed by atoms with Gasteiger partial charge in [0.25, 0.3) is 0 Å². The molecule has 0 amide bonds. The van der Waals surface area contributed by atoms with Crippen LogP contribution >= 0.6 is 12.6 Å². The van der Waals surface area contributed by atoms with Gasteiger partial charge in [0.05, 0.1) is 6.10 Å². The van der Waals surface area contributed by atoms with Gasteiger partial charge in [-0.2, -0.15) is 12.6 Å². The molecule has 1 atom stereocenters. The smallest absolute Gasteiger partial charge is 0.0630 e. The zero-order chi connectivity index (χ0) is 8.10. The number of rotatable bonds is 3. The van der Waals surface area contributed by atoms with Gasteiger partial charge in [-0.15, -0.1) is 0 Å². The molecule has 1 rings (SSSR count). The molecule has 1 unspecified atom stereocenters. The van der Waals surface area contributed by atoms with E-state index in [1.54, 1.807) is 0 Å². The van der Waals surface area contributed by atoms with Crippen LogP contribution in [-0.2, 0) is 0 Å². The van der Waals surface area contributed by atoms with Gasteiger partial charge in [0.1, 0.15) is 0 Å². The molecule has 0 aliphatic heterocycles. The van der Waals surface area contributed by atoms with Crippen molar-refractivity contribution in [1.29, 1.82) is 0 Å². The first-order valence-electron chi connectivity index (χ1n) is 4.62. The summed E-state index contributed by atoms with van der Waals surface area (Å²) in [6.45, 7) is 0. The van der Waals surface area contributed by atoms with Crippen LogP contribution in [0.2, 0.25) is 0 Å². The molecule has 0 aromatic carbocycles. The van der Waals surface area contributed by atoms with Crippen molar-refractivity contribution in [2.45, 2.75) is 44.6 Å². The Hall–Kier alpha value is 0.310. The molecule has 1 fully saturated rings. The molecular weight excluding hydrogens is 156 g/mol. The fourth-order valence-electron chi connectivity index (χ4n) is 1.88. The Balaban J connectivity index is 2.13. The van der Waals surface area contributed by atoms with Crippen LogP contribution in [0.4, 0.5) is 0 Å². The third-order valence-electron chi connectivity index (χ3n) is 2.54. The summed E-state index contributed by atoms with van der Waals surface area (Å²) in [6, 6.07) is 0. The van der Waals surface area contributed by atoms with Crippen LogP contribution in [0.25, 0.3) is 0 Å². The normalized spacial score (nSPS) is 23.5. The minimum atomic E-state index is -0.165. The van der Waals surface area contributed by atoms with E-state index in [1.807, 2.05) is 0 Å². The highest BCUT2D eigenvalue weighted by Gasteiger charge is 2.16. The van der Waals surface area contributed by atoms with Crippen molar-refractivity contribution < 1.29 is 5.11 Å². The third kappa shape index (κ3) is 3.48. The average Bonchev–Trinajstić information content (AvgIpc) is 2.06. The van der Waals surface area contributed by atoms with Gasteiger partial charge in [0.15, 0.2) is 0 Å². The van der Waals surface area contributed by atoms with Crippen LogP contribution in [0.3, 0.4) is 0 Å². The van der Waals surface area contributed by atoms with Crippen LogP contribution in [0, 0.1) is 5.92 Å². The first kappa shape index (κ1) is 9.40. The quantitative estimate of drug-likeness (QED) is 0.629.